The maximum absolute atomic E-state index is 12.8. The van der Waals surface area contributed by atoms with Gasteiger partial charge >= 0.3 is 0 Å². The van der Waals surface area contributed by atoms with Crippen LogP contribution in [0.3, 0.4) is 0 Å². The Balaban J connectivity index is 1.57. The Bertz CT molecular complexity index is 836. The maximum Gasteiger partial charge on any atom is 0.255 e. The van der Waals surface area contributed by atoms with Crippen LogP contribution in [0.2, 0.25) is 5.02 Å². The first-order valence-electron chi connectivity index (χ1n) is 9.53. The first-order valence-corrected chi connectivity index (χ1v) is 9.91. The summed E-state index contributed by atoms with van der Waals surface area (Å²) in [5.74, 6) is -0.308. The zero-order chi connectivity index (χ0) is 20.1. The van der Waals surface area contributed by atoms with E-state index in [1.54, 1.807) is 29.2 Å². The van der Waals surface area contributed by atoms with Crippen molar-refractivity contribution in [3.8, 4) is 0 Å². The molecule has 1 saturated heterocycles. The summed E-state index contributed by atoms with van der Waals surface area (Å²) in [6.45, 7) is 1.57. The molecular formula is C22H26ClN3O2. The van der Waals surface area contributed by atoms with E-state index in [1.807, 2.05) is 43.3 Å². The van der Waals surface area contributed by atoms with Crippen molar-refractivity contribution < 1.29 is 9.59 Å². The lowest BCUT2D eigenvalue weighted by Gasteiger charge is -2.32. The van der Waals surface area contributed by atoms with Crippen LogP contribution in [0.25, 0.3) is 0 Å². The number of hydrogen-bond donors (Lipinski definition) is 1. The standard InChI is InChI=1S/C22H26ClN3O2/c1-25(2)18-11-9-16(10-12-18)14-24-21(27)17-6-5-13-26(15-17)22(28)19-7-3-4-8-20(19)23/h3-4,7-12,17H,5-6,13-15H2,1-2H3,(H,24,27)/t17-/m0/s1. The predicted molar refractivity (Wildman–Crippen MR) is 113 cm³/mol. The molecule has 0 aliphatic carbocycles. The largest absolute Gasteiger partial charge is 0.378 e. The van der Waals surface area contributed by atoms with Crippen molar-refractivity contribution >= 4 is 29.1 Å². The average molecular weight is 400 g/mol. The number of benzene rings is 2. The highest BCUT2D eigenvalue weighted by Crippen LogP contribution is 2.22. The summed E-state index contributed by atoms with van der Waals surface area (Å²) in [4.78, 5) is 29.2. The van der Waals surface area contributed by atoms with E-state index in [9.17, 15) is 9.59 Å². The molecule has 0 spiro atoms. The van der Waals surface area contributed by atoms with Crippen LogP contribution in [0, 0.1) is 5.92 Å². The first kappa shape index (κ1) is 20.2. The molecule has 28 heavy (non-hydrogen) atoms. The summed E-state index contributed by atoms with van der Waals surface area (Å²) >= 11 is 6.16. The van der Waals surface area contributed by atoms with E-state index in [0.717, 1.165) is 24.1 Å². The van der Waals surface area contributed by atoms with E-state index in [2.05, 4.69) is 5.32 Å². The average Bonchev–Trinajstić information content (AvgIpc) is 2.72. The topological polar surface area (TPSA) is 52.7 Å². The second kappa shape index (κ2) is 9.11. The van der Waals surface area contributed by atoms with Gasteiger partial charge in [0.25, 0.3) is 5.91 Å². The molecule has 2 aromatic carbocycles. The van der Waals surface area contributed by atoms with Crippen molar-refractivity contribution in [2.24, 2.45) is 5.92 Å². The van der Waals surface area contributed by atoms with Crippen LogP contribution in [-0.4, -0.2) is 43.9 Å². The summed E-state index contributed by atoms with van der Waals surface area (Å²) in [6.07, 6.45) is 1.60. The normalized spacial score (nSPS) is 16.5. The maximum atomic E-state index is 12.8. The van der Waals surface area contributed by atoms with Crippen molar-refractivity contribution in [2.75, 3.05) is 32.1 Å². The number of likely N-dealkylation sites (tertiary alicyclic amines) is 1. The quantitative estimate of drug-likeness (QED) is 0.836. The van der Waals surface area contributed by atoms with E-state index >= 15 is 0 Å². The molecule has 0 radical (unpaired) electrons. The molecule has 148 valence electrons. The van der Waals surface area contributed by atoms with Crippen LogP contribution in [0.15, 0.2) is 48.5 Å². The van der Waals surface area contributed by atoms with Gasteiger partial charge in [-0.3, -0.25) is 9.59 Å². The number of amides is 2. The third kappa shape index (κ3) is 4.84. The van der Waals surface area contributed by atoms with Gasteiger partial charge in [-0.25, -0.2) is 0 Å². The van der Waals surface area contributed by atoms with Gasteiger partial charge in [-0.15, -0.1) is 0 Å². The van der Waals surface area contributed by atoms with Crippen LogP contribution >= 0.6 is 11.6 Å². The van der Waals surface area contributed by atoms with Gasteiger partial charge in [0.05, 0.1) is 16.5 Å². The van der Waals surface area contributed by atoms with Crippen LogP contribution < -0.4 is 10.2 Å². The van der Waals surface area contributed by atoms with E-state index in [4.69, 9.17) is 11.6 Å². The molecule has 2 amide bonds. The second-order valence-corrected chi connectivity index (χ2v) is 7.76. The van der Waals surface area contributed by atoms with E-state index in [1.165, 1.54) is 0 Å². The molecule has 1 N–H and O–H groups in total. The Morgan fingerprint density at radius 2 is 1.86 bits per heavy atom. The number of nitrogens with zero attached hydrogens (tertiary/aromatic N) is 2. The van der Waals surface area contributed by atoms with Gasteiger partial charge in [-0.1, -0.05) is 35.9 Å². The van der Waals surface area contributed by atoms with Crippen molar-refractivity contribution in [1.29, 1.82) is 0 Å². The van der Waals surface area contributed by atoms with Crippen LogP contribution in [0.4, 0.5) is 5.69 Å². The van der Waals surface area contributed by atoms with Gasteiger partial charge in [-0.2, -0.15) is 0 Å². The Morgan fingerprint density at radius 3 is 2.54 bits per heavy atom. The minimum absolute atomic E-state index is 0.00616. The third-order valence-electron chi connectivity index (χ3n) is 5.10. The molecule has 0 aromatic heterocycles. The summed E-state index contributed by atoms with van der Waals surface area (Å²) < 4.78 is 0. The highest BCUT2D eigenvalue weighted by atomic mass is 35.5. The van der Waals surface area contributed by atoms with Crippen LogP contribution in [0.5, 0.6) is 0 Å². The summed E-state index contributed by atoms with van der Waals surface area (Å²) in [5.41, 5.74) is 2.67. The number of nitrogens with one attached hydrogen (secondary N) is 1. The number of anilines is 1. The number of rotatable bonds is 5. The van der Waals surface area contributed by atoms with Gasteiger partial charge in [0.15, 0.2) is 0 Å². The van der Waals surface area contributed by atoms with E-state index in [0.29, 0.717) is 30.2 Å². The van der Waals surface area contributed by atoms with Crippen molar-refractivity contribution in [3.05, 3.63) is 64.7 Å². The highest BCUT2D eigenvalue weighted by Gasteiger charge is 2.29. The monoisotopic (exact) mass is 399 g/mol. The molecule has 5 nitrogen and oxygen atoms in total. The Kier molecular flexibility index (Phi) is 6.57. The van der Waals surface area contributed by atoms with Gasteiger partial charge < -0.3 is 15.1 Å². The van der Waals surface area contributed by atoms with Gasteiger partial charge in [0.2, 0.25) is 5.91 Å². The fraction of sp³-hybridized carbons (Fsp3) is 0.364. The lowest BCUT2D eigenvalue weighted by atomic mass is 9.96. The first-order chi connectivity index (χ1) is 13.5. The SMILES string of the molecule is CN(C)c1ccc(CNC(=O)[C@H]2CCCN(C(=O)c3ccccc3Cl)C2)cc1. The summed E-state index contributed by atoms with van der Waals surface area (Å²) in [7, 11) is 3.99. The predicted octanol–water partition coefficient (Wildman–Crippen LogP) is 3.57. The van der Waals surface area contributed by atoms with Crippen molar-refractivity contribution in [3.63, 3.8) is 0 Å². The van der Waals surface area contributed by atoms with Gasteiger partial charge in [0, 0.05) is 39.4 Å². The number of carbonyl (C=O) groups is 2. The number of halogens is 1. The molecule has 1 atom stereocenters. The molecule has 1 aliphatic heterocycles. The molecule has 1 fully saturated rings. The molecule has 1 heterocycles. The smallest absolute Gasteiger partial charge is 0.255 e. The fourth-order valence-electron chi connectivity index (χ4n) is 3.43. The highest BCUT2D eigenvalue weighted by molar-refractivity contribution is 6.33. The molecular weight excluding hydrogens is 374 g/mol. The third-order valence-corrected chi connectivity index (χ3v) is 5.43. The number of hydrogen-bond acceptors (Lipinski definition) is 3. The van der Waals surface area contributed by atoms with E-state index < -0.39 is 0 Å². The van der Waals surface area contributed by atoms with Crippen LogP contribution in [0.1, 0.15) is 28.8 Å². The summed E-state index contributed by atoms with van der Waals surface area (Å²) in [6, 6.07) is 15.1. The Hall–Kier alpha value is -2.53. The van der Waals surface area contributed by atoms with Gasteiger partial charge in [0.1, 0.15) is 0 Å². The van der Waals surface area contributed by atoms with Crippen molar-refractivity contribution in [1.82, 2.24) is 10.2 Å². The minimum atomic E-state index is -0.193. The molecule has 0 unspecified atom stereocenters. The van der Waals surface area contributed by atoms with Crippen LogP contribution in [-0.2, 0) is 11.3 Å². The van der Waals surface area contributed by atoms with Gasteiger partial charge in [-0.05, 0) is 42.7 Å². The van der Waals surface area contributed by atoms with E-state index in [-0.39, 0.29) is 17.7 Å². The lowest BCUT2D eigenvalue weighted by Crippen LogP contribution is -2.45. The molecule has 3 rings (SSSR count). The molecule has 0 saturated carbocycles. The number of carbonyl (C=O) groups excluding carboxylic acids is 2. The van der Waals surface area contributed by atoms with Crippen molar-refractivity contribution in [2.45, 2.75) is 19.4 Å². The fourth-order valence-corrected chi connectivity index (χ4v) is 3.64. The molecule has 2 aromatic rings. The Labute approximate surface area is 171 Å². The Morgan fingerprint density at radius 1 is 1.14 bits per heavy atom. The summed E-state index contributed by atoms with van der Waals surface area (Å²) in [5, 5.41) is 3.46. The molecule has 0 bridgehead atoms. The second-order valence-electron chi connectivity index (χ2n) is 7.35. The minimum Gasteiger partial charge on any atom is -0.378 e. The number of piperidine rings is 1. The molecule has 6 heteroatoms. The zero-order valence-electron chi connectivity index (χ0n) is 16.3. The zero-order valence-corrected chi connectivity index (χ0v) is 17.1. The molecule has 1 aliphatic rings. The lowest BCUT2D eigenvalue weighted by molar-refractivity contribution is -0.126.